The van der Waals surface area contributed by atoms with Gasteiger partial charge in [0, 0.05) is 17.2 Å². The molecule has 0 atom stereocenters. The van der Waals surface area contributed by atoms with Crippen molar-refractivity contribution in [2.75, 3.05) is 19.4 Å². The second-order valence-electron chi connectivity index (χ2n) is 3.16. The van der Waals surface area contributed by atoms with Crippen LogP contribution >= 0.6 is 24.0 Å². The van der Waals surface area contributed by atoms with Crippen molar-refractivity contribution in [2.45, 2.75) is 4.90 Å². The van der Waals surface area contributed by atoms with Crippen LogP contribution in [0.3, 0.4) is 0 Å². The Kier molecular flexibility index (Phi) is 6.97. The monoisotopic (exact) mass is 285 g/mol. The van der Waals surface area contributed by atoms with Crippen LogP contribution in [0.15, 0.2) is 35.2 Å². The molecule has 0 aliphatic rings. The zero-order valence-corrected chi connectivity index (χ0v) is 11.6. The molecule has 0 aliphatic carbocycles. The average Bonchev–Trinajstić information content (AvgIpc) is 2.42. The van der Waals surface area contributed by atoms with E-state index in [1.165, 1.54) is 12.0 Å². The Morgan fingerprint density at radius 3 is 2.72 bits per heavy atom. The van der Waals surface area contributed by atoms with Gasteiger partial charge in [0.1, 0.15) is 0 Å². The standard InChI is InChI=1S/C11H15N3O2S2/c1-16-11(15)14-13-10(17)12-7-8-18-9-5-3-2-4-6-9/h2-6H,7-8H2,1H3,(H,14,15)(H2,12,13,17). The number of thioether (sulfide) groups is 1. The highest BCUT2D eigenvalue weighted by atomic mass is 32.2. The molecule has 0 spiro atoms. The summed E-state index contributed by atoms with van der Waals surface area (Å²) in [4.78, 5) is 12.0. The van der Waals surface area contributed by atoms with Gasteiger partial charge in [-0.05, 0) is 24.4 Å². The van der Waals surface area contributed by atoms with Crippen molar-refractivity contribution in [3.8, 4) is 0 Å². The summed E-state index contributed by atoms with van der Waals surface area (Å²) in [5.74, 6) is 0.879. The first-order valence-electron chi connectivity index (χ1n) is 5.28. The number of nitrogens with one attached hydrogen (secondary N) is 3. The molecular weight excluding hydrogens is 270 g/mol. The molecule has 0 fully saturated rings. The third-order valence-electron chi connectivity index (χ3n) is 1.86. The van der Waals surface area contributed by atoms with E-state index in [0.717, 1.165) is 5.75 Å². The number of thiocarbonyl (C=S) groups is 1. The van der Waals surface area contributed by atoms with Crippen LogP contribution in [0.5, 0.6) is 0 Å². The Morgan fingerprint density at radius 1 is 1.33 bits per heavy atom. The number of benzene rings is 1. The van der Waals surface area contributed by atoms with Crippen molar-refractivity contribution in [3.05, 3.63) is 30.3 Å². The van der Waals surface area contributed by atoms with Crippen LogP contribution in [0, 0.1) is 0 Å². The summed E-state index contributed by atoms with van der Waals surface area (Å²) >= 11 is 6.68. The molecule has 98 valence electrons. The lowest BCUT2D eigenvalue weighted by Gasteiger charge is -2.10. The molecule has 0 radical (unpaired) electrons. The highest BCUT2D eigenvalue weighted by molar-refractivity contribution is 7.99. The second kappa shape index (κ2) is 8.60. The van der Waals surface area contributed by atoms with Gasteiger partial charge in [0.2, 0.25) is 0 Å². The number of rotatable bonds is 4. The van der Waals surface area contributed by atoms with E-state index in [9.17, 15) is 4.79 Å². The minimum absolute atomic E-state index is 0.356. The number of hydrazine groups is 1. The second-order valence-corrected chi connectivity index (χ2v) is 4.74. The van der Waals surface area contributed by atoms with Crippen LogP contribution in [-0.2, 0) is 4.74 Å². The largest absolute Gasteiger partial charge is 0.452 e. The van der Waals surface area contributed by atoms with Gasteiger partial charge in [-0.15, -0.1) is 11.8 Å². The van der Waals surface area contributed by atoms with E-state index in [2.05, 4.69) is 33.0 Å². The van der Waals surface area contributed by atoms with Gasteiger partial charge in [0.15, 0.2) is 5.11 Å². The predicted molar refractivity (Wildman–Crippen MR) is 76.4 cm³/mol. The number of carbonyl (C=O) groups is 1. The van der Waals surface area contributed by atoms with Gasteiger partial charge in [-0.2, -0.15) is 0 Å². The average molecular weight is 285 g/mol. The van der Waals surface area contributed by atoms with Crippen LogP contribution in [0.25, 0.3) is 0 Å². The van der Waals surface area contributed by atoms with E-state index in [4.69, 9.17) is 12.2 Å². The smallest absolute Gasteiger partial charge is 0.425 e. The lowest BCUT2D eigenvalue weighted by atomic mass is 10.4. The first-order chi connectivity index (χ1) is 8.72. The van der Waals surface area contributed by atoms with Crippen molar-refractivity contribution < 1.29 is 9.53 Å². The molecule has 0 saturated heterocycles. The molecule has 18 heavy (non-hydrogen) atoms. The van der Waals surface area contributed by atoms with Gasteiger partial charge >= 0.3 is 6.09 Å². The fourth-order valence-corrected chi connectivity index (χ4v) is 2.00. The maximum Gasteiger partial charge on any atom is 0.425 e. The number of methoxy groups -OCH3 is 1. The fourth-order valence-electron chi connectivity index (χ4n) is 1.05. The summed E-state index contributed by atoms with van der Waals surface area (Å²) in [5.41, 5.74) is 4.79. The molecule has 1 rings (SSSR count). The zero-order chi connectivity index (χ0) is 13.2. The number of ether oxygens (including phenoxy) is 1. The minimum atomic E-state index is -0.585. The van der Waals surface area contributed by atoms with Crippen LogP contribution in [0.4, 0.5) is 4.79 Å². The molecule has 0 aromatic heterocycles. The van der Waals surface area contributed by atoms with Gasteiger partial charge in [0.05, 0.1) is 7.11 Å². The third kappa shape index (κ3) is 6.31. The Labute approximate surface area is 116 Å². The highest BCUT2D eigenvalue weighted by Crippen LogP contribution is 2.15. The van der Waals surface area contributed by atoms with Gasteiger partial charge in [-0.25, -0.2) is 10.2 Å². The fraction of sp³-hybridized carbons (Fsp3) is 0.273. The summed E-state index contributed by atoms with van der Waals surface area (Å²) < 4.78 is 4.38. The van der Waals surface area contributed by atoms with Gasteiger partial charge in [-0.1, -0.05) is 18.2 Å². The van der Waals surface area contributed by atoms with Gasteiger partial charge < -0.3 is 10.1 Å². The number of carbonyl (C=O) groups excluding carboxylic acids is 1. The summed E-state index contributed by atoms with van der Waals surface area (Å²) in [6.45, 7) is 0.703. The van der Waals surface area contributed by atoms with Crippen LogP contribution in [0.2, 0.25) is 0 Å². The van der Waals surface area contributed by atoms with Crippen LogP contribution < -0.4 is 16.2 Å². The molecule has 1 aromatic carbocycles. The molecule has 1 aromatic rings. The van der Waals surface area contributed by atoms with Crippen molar-refractivity contribution in [3.63, 3.8) is 0 Å². The van der Waals surface area contributed by atoms with Gasteiger partial charge in [-0.3, -0.25) is 5.43 Å². The van der Waals surface area contributed by atoms with E-state index < -0.39 is 6.09 Å². The molecule has 7 heteroatoms. The molecule has 0 bridgehead atoms. The summed E-state index contributed by atoms with van der Waals surface area (Å²) in [7, 11) is 1.28. The number of amides is 1. The molecule has 0 aliphatic heterocycles. The van der Waals surface area contributed by atoms with Crippen LogP contribution in [-0.4, -0.2) is 30.6 Å². The van der Waals surface area contributed by atoms with Crippen molar-refractivity contribution in [2.24, 2.45) is 0 Å². The first kappa shape index (κ1) is 14.6. The van der Waals surface area contributed by atoms with Crippen molar-refractivity contribution in [1.82, 2.24) is 16.2 Å². The molecule has 3 N–H and O–H groups in total. The van der Waals surface area contributed by atoms with E-state index in [1.807, 2.05) is 18.2 Å². The van der Waals surface area contributed by atoms with E-state index in [1.54, 1.807) is 11.8 Å². The Balaban J connectivity index is 2.07. The lowest BCUT2D eigenvalue weighted by Crippen LogP contribution is -2.47. The van der Waals surface area contributed by atoms with E-state index >= 15 is 0 Å². The predicted octanol–water partition coefficient (Wildman–Crippen LogP) is 1.51. The SMILES string of the molecule is COC(=O)NNC(=S)NCCSc1ccccc1. The molecule has 0 saturated carbocycles. The Morgan fingerprint density at radius 2 is 2.06 bits per heavy atom. The normalized spacial score (nSPS) is 9.39. The third-order valence-corrected chi connectivity index (χ3v) is 3.12. The molecule has 1 amide bonds. The topological polar surface area (TPSA) is 62.4 Å². The van der Waals surface area contributed by atoms with Crippen LogP contribution in [0.1, 0.15) is 0 Å². The molecule has 5 nitrogen and oxygen atoms in total. The zero-order valence-electron chi connectivity index (χ0n) is 9.93. The lowest BCUT2D eigenvalue weighted by molar-refractivity contribution is 0.168. The van der Waals surface area contributed by atoms with E-state index in [-0.39, 0.29) is 0 Å². The Bertz CT molecular complexity index is 387. The first-order valence-corrected chi connectivity index (χ1v) is 6.67. The van der Waals surface area contributed by atoms with Gasteiger partial charge in [0.25, 0.3) is 0 Å². The highest BCUT2D eigenvalue weighted by Gasteiger charge is 1.99. The van der Waals surface area contributed by atoms with E-state index in [0.29, 0.717) is 11.7 Å². The summed E-state index contributed by atoms with van der Waals surface area (Å²) in [6, 6.07) is 10.1. The number of hydrogen-bond donors (Lipinski definition) is 3. The van der Waals surface area contributed by atoms with Crippen molar-refractivity contribution in [1.29, 1.82) is 0 Å². The maximum absolute atomic E-state index is 10.7. The molecule has 0 heterocycles. The van der Waals surface area contributed by atoms with Crippen molar-refractivity contribution >= 4 is 35.2 Å². The molecular formula is C11H15N3O2S2. The minimum Gasteiger partial charge on any atom is -0.452 e. The quantitative estimate of drug-likeness (QED) is 0.337. The Hall–Kier alpha value is -1.47. The maximum atomic E-state index is 10.7. The summed E-state index contributed by atoms with van der Waals surface area (Å²) in [5, 5.41) is 3.32. The number of hydrogen-bond acceptors (Lipinski definition) is 4. The molecule has 0 unspecified atom stereocenters. The summed E-state index contributed by atoms with van der Waals surface area (Å²) in [6.07, 6.45) is -0.585.